The molecule has 5 heteroatoms. The van der Waals surface area contributed by atoms with Crippen LogP contribution in [-0.2, 0) is 11.3 Å². The lowest BCUT2D eigenvalue weighted by Gasteiger charge is -2.18. The summed E-state index contributed by atoms with van der Waals surface area (Å²) < 4.78 is 14.3. The number of carbonyl (C=O) groups is 1. The number of anilines is 1. The van der Waals surface area contributed by atoms with Crippen molar-refractivity contribution >= 4 is 38.7 Å². The minimum Gasteiger partial charge on any atom is -0.280 e. The molecule has 3 nitrogen and oxygen atoms in total. The van der Waals surface area contributed by atoms with Crippen LogP contribution in [0.25, 0.3) is 16.3 Å². The molecule has 1 aromatic heterocycles. The van der Waals surface area contributed by atoms with E-state index in [1.807, 2.05) is 60.7 Å². The fraction of sp³-hybridized carbons (Fsp3) is 0.0435. The van der Waals surface area contributed by atoms with Gasteiger partial charge in [-0.1, -0.05) is 72.0 Å². The van der Waals surface area contributed by atoms with Crippen molar-refractivity contribution in [3.63, 3.8) is 0 Å². The Kier molecular flexibility index (Phi) is 5.26. The molecule has 0 unspecified atom stereocenters. The van der Waals surface area contributed by atoms with E-state index < -0.39 is 0 Å². The van der Waals surface area contributed by atoms with Crippen LogP contribution in [0.3, 0.4) is 0 Å². The van der Waals surface area contributed by atoms with Crippen molar-refractivity contribution in [1.29, 1.82) is 0 Å². The summed E-state index contributed by atoms with van der Waals surface area (Å²) in [4.78, 5) is 19.2. The monoisotopic (exact) mass is 388 g/mol. The molecule has 28 heavy (non-hydrogen) atoms. The molecule has 0 saturated heterocycles. The van der Waals surface area contributed by atoms with Gasteiger partial charge in [0.05, 0.1) is 16.8 Å². The molecule has 0 fully saturated rings. The molecule has 0 spiro atoms. The first kappa shape index (κ1) is 18.1. The Morgan fingerprint density at radius 3 is 2.46 bits per heavy atom. The van der Waals surface area contributed by atoms with Gasteiger partial charge in [0.1, 0.15) is 5.82 Å². The molecule has 0 bridgehead atoms. The Hall–Kier alpha value is -3.31. The molecule has 4 aromatic rings. The van der Waals surface area contributed by atoms with Gasteiger partial charge >= 0.3 is 0 Å². The molecular weight excluding hydrogens is 371 g/mol. The van der Waals surface area contributed by atoms with E-state index in [2.05, 4.69) is 4.98 Å². The van der Waals surface area contributed by atoms with Gasteiger partial charge < -0.3 is 0 Å². The SMILES string of the molecule is O=C(/C=C/c1ccccc1)N(Cc1ccccc1)c1nc2ccc(F)cc2s1. The normalized spacial score (nSPS) is 11.2. The highest BCUT2D eigenvalue weighted by atomic mass is 32.1. The molecule has 4 rings (SSSR count). The Morgan fingerprint density at radius 2 is 1.71 bits per heavy atom. The van der Waals surface area contributed by atoms with Crippen molar-refractivity contribution in [2.45, 2.75) is 6.54 Å². The van der Waals surface area contributed by atoms with Crippen LogP contribution in [0.1, 0.15) is 11.1 Å². The molecule has 0 N–H and O–H groups in total. The van der Waals surface area contributed by atoms with E-state index in [9.17, 15) is 9.18 Å². The molecule has 0 radical (unpaired) electrons. The highest BCUT2D eigenvalue weighted by Gasteiger charge is 2.18. The summed E-state index contributed by atoms with van der Waals surface area (Å²) in [6.07, 6.45) is 3.33. The summed E-state index contributed by atoms with van der Waals surface area (Å²) in [5, 5.41) is 0.548. The number of aromatic nitrogens is 1. The Morgan fingerprint density at radius 1 is 1.00 bits per heavy atom. The molecule has 1 amide bonds. The third-order valence-electron chi connectivity index (χ3n) is 4.24. The number of thiazole rings is 1. The lowest BCUT2D eigenvalue weighted by Crippen LogP contribution is -2.28. The molecule has 1 heterocycles. The van der Waals surface area contributed by atoms with Gasteiger partial charge in [-0.25, -0.2) is 9.37 Å². The van der Waals surface area contributed by atoms with Crippen LogP contribution >= 0.6 is 11.3 Å². The number of nitrogens with zero attached hydrogens (tertiary/aromatic N) is 2. The van der Waals surface area contributed by atoms with E-state index in [-0.39, 0.29) is 11.7 Å². The fourth-order valence-corrected chi connectivity index (χ4v) is 3.82. The van der Waals surface area contributed by atoms with Gasteiger partial charge in [-0.05, 0) is 35.4 Å². The summed E-state index contributed by atoms with van der Waals surface area (Å²) in [7, 11) is 0. The van der Waals surface area contributed by atoms with E-state index >= 15 is 0 Å². The predicted molar refractivity (Wildman–Crippen MR) is 113 cm³/mol. The third kappa shape index (κ3) is 4.15. The van der Waals surface area contributed by atoms with Gasteiger partial charge in [-0.15, -0.1) is 0 Å². The van der Waals surface area contributed by atoms with Crippen LogP contribution in [0.5, 0.6) is 0 Å². The minimum atomic E-state index is -0.312. The van der Waals surface area contributed by atoms with E-state index in [0.29, 0.717) is 21.9 Å². The van der Waals surface area contributed by atoms with Gasteiger partial charge in [0.25, 0.3) is 5.91 Å². The number of hydrogen-bond donors (Lipinski definition) is 0. The number of benzene rings is 3. The number of amides is 1. The second-order valence-electron chi connectivity index (χ2n) is 6.26. The maximum Gasteiger partial charge on any atom is 0.253 e. The molecule has 0 atom stereocenters. The van der Waals surface area contributed by atoms with Crippen molar-refractivity contribution in [1.82, 2.24) is 4.98 Å². The third-order valence-corrected chi connectivity index (χ3v) is 5.28. The van der Waals surface area contributed by atoms with Gasteiger partial charge in [-0.2, -0.15) is 0 Å². The van der Waals surface area contributed by atoms with E-state index in [0.717, 1.165) is 11.1 Å². The summed E-state index contributed by atoms with van der Waals surface area (Å²) in [6.45, 7) is 0.390. The minimum absolute atomic E-state index is 0.174. The fourth-order valence-electron chi connectivity index (χ4n) is 2.83. The molecule has 0 aliphatic rings. The van der Waals surface area contributed by atoms with E-state index in [1.54, 1.807) is 23.1 Å². The van der Waals surface area contributed by atoms with Crippen LogP contribution in [0.15, 0.2) is 84.9 Å². The topological polar surface area (TPSA) is 33.2 Å². The van der Waals surface area contributed by atoms with Crippen LogP contribution < -0.4 is 4.90 Å². The average molecular weight is 388 g/mol. The van der Waals surface area contributed by atoms with Crippen molar-refractivity contribution in [2.75, 3.05) is 4.90 Å². The zero-order valence-corrected chi connectivity index (χ0v) is 15.8. The van der Waals surface area contributed by atoms with Crippen LogP contribution in [0, 0.1) is 5.82 Å². The first-order valence-corrected chi connectivity index (χ1v) is 9.65. The Bertz CT molecular complexity index is 1120. The van der Waals surface area contributed by atoms with E-state index in [1.165, 1.54) is 23.5 Å². The molecule has 3 aromatic carbocycles. The van der Waals surface area contributed by atoms with Gasteiger partial charge in [0.2, 0.25) is 0 Å². The van der Waals surface area contributed by atoms with Crippen molar-refractivity contribution in [3.8, 4) is 0 Å². The molecular formula is C23H17FN2OS. The lowest BCUT2D eigenvalue weighted by atomic mass is 10.2. The summed E-state index contributed by atoms with van der Waals surface area (Å²) in [5.41, 5.74) is 2.62. The van der Waals surface area contributed by atoms with E-state index in [4.69, 9.17) is 0 Å². The Labute approximate surface area is 166 Å². The molecule has 0 saturated carbocycles. The zero-order valence-electron chi connectivity index (χ0n) is 15.0. The number of halogens is 1. The van der Waals surface area contributed by atoms with Crippen molar-refractivity contribution in [2.24, 2.45) is 0 Å². The smallest absolute Gasteiger partial charge is 0.253 e. The second kappa shape index (κ2) is 8.15. The summed E-state index contributed by atoms with van der Waals surface area (Å²) in [5.74, 6) is -0.486. The zero-order chi connectivity index (χ0) is 19.3. The molecule has 138 valence electrons. The maximum absolute atomic E-state index is 13.5. The van der Waals surface area contributed by atoms with Crippen LogP contribution in [0.2, 0.25) is 0 Å². The number of rotatable bonds is 5. The summed E-state index contributed by atoms with van der Waals surface area (Å²) >= 11 is 1.31. The average Bonchev–Trinajstić information content (AvgIpc) is 3.14. The second-order valence-corrected chi connectivity index (χ2v) is 7.27. The molecule has 0 aliphatic carbocycles. The largest absolute Gasteiger partial charge is 0.280 e. The molecule has 0 aliphatic heterocycles. The first-order valence-electron chi connectivity index (χ1n) is 8.84. The number of fused-ring (bicyclic) bond motifs is 1. The lowest BCUT2D eigenvalue weighted by molar-refractivity contribution is -0.114. The van der Waals surface area contributed by atoms with Gasteiger partial charge in [0.15, 0.2) is 5.13 Å². The maximum atomic E-state index is 13.5. The first-order chi connectivity index (χ1) is 13.7. The van der Waals surface area contributed by atoms with Crippen LogP contribution in [0.4, 0.5) is 9.52 Å². The highest BCUT2D eigenvalue weighted by molar-refractivity contribution is 7.22. The van der Waals surface area contributed by atoms with Crippen molar-refractivity contribution < 1.29 is 9.18 Å². The predicted octanol–water partition coefficient (Wildman–Crippen LogP) is 5.68. The standard InChI is InChI=1S/C23H17FN2OS/c24-19-12-13-20-21(15-19)28-23(25-20)26(16-18-9-5-2-6-10-18)22(27)14-11-17-7-3-1-4-8-17/h1-15H,16H2/b14-11+. The quantitative estimate of drug-likeness (QED) is 0.412. The number of hydrogen-bond acceptors (Lipinski definition) is 3. The van der Waals surface area contributed by atoms with Crippen LogP contribution in [-0.4, -0.2) is 10.9 Å². The Balaban J connectivity index is 1.68. The highest BCUT2D eigenvalue weighted by Crippen LogP contribution is 2.30. The van der Waals surface area contributed by atoms with Gasteiger partial charge in [-0.3, -0.25) is 9.69 Å². The number of carbonyl (C=O) groups excluding carboxylic acids is 1. The van der Waals surface area contributed by atoms with Crippen molar-refractivity contribution in [3.05, 3.63) is 102 Å². The summed E-state index contributed by atoms with van der Waals surface area (Å²) in [6, 6.07) is 23.9. The van der Waals surface area contributed by atoms with Gasteiger partial charge in [0, 0.05) is 6.08 Å².